The number of fused-ring (bicyclic) bond motifs is 1. The minimum Gasteiger partial charge on any atom is -0.369 e. The average Bonchev–Trinajstić information content (AvgIpc) is 2.62. The topological polar surface area (TPSA) is 29.0 Å². The van der Waals surface area contributed by atoms with E-state index < -0.39 is 0 Å². The number of rotatable bonds is 2. The Hall–Kier alpha value is -2.42. The standard InChI is InChI=1S/C19H19N3/c1-3-9-15(10-4-1)18-19(22-13-7-2-8-14-22)16-11-5-6-12-17(16)20-21-18/h1,3-6,9-12H,2,7-8,13-14H2. The van der Waals surface area contributed by atoms with Gasteiger partial charge in [-0.05, 0) is 25.3 Å². The number of hydrogen-bond acceptors (Lipinski definition) is 3. The maximum Gasteiger partial charge on any atom is 0.117 e. The van der Waals surface area contributed by atoms with Crippen molar-refractivity contribution in [2.75, 3.05) is 18.0 Å². The van der Waals surface area contributed by atoms with Gasteiger partial charge in [-0.15, -0.1) is 10.2 Å². The van der Waals surface area contributed by atoms with Crippen LogP contribution in [0.3, 0.4) is 0 Å². The van der Waals surface area contributed by atoms with Gasteiger partial charge in [0, 0.05) is 24.0 Å². The van der Waals surface area contributed by atoms with E-state index in [1.807, 2.05) is 18.2 Å². The summed E-state index contributed by atoms with van der Waals surface area (Å²) in [6.07, 6.45) is 3.84. The number of nitrogens with zero attached hydrogens (tertiary/aromatic N) is 3. The molecule has 1 aliphatic heterocycles. The SMILES string of the molecule is c1ccc(-c2nnc3ccccc3c2N2CCCCC2)cc1. The van der Waals surface area contributed by atoms with Crippen molar-refractivity contribution in [2.24, 2.45) is 0 Å². The summed E-state index contributed by atoms with van der Waals surface area (Å²) < 4.78 is 0. The van der Waals surface area contributed by atoms with Gasteiger partial charge in [0.15, 0.2) is 0 Å². The van der Waals surface area contributed by atoms with Crippen LogP contribution in [0, 0.1) is 0 Å². The largest absolute Gasteiger partial charge is 0.369 e. The van der Waals surface area contributed by atoms with Gasteiger partial charge in [-0.25, -0.2) is 0 Å². The minimum absolute atomic E-state index is 0.975. The fourth-order valence-corrected chi connectivity index (χ4v) is 3.27. The second kappa shape index (κ2) is 5.76. The molecule has 3 heteroatoms. The maximum absolute atomic E-state index is 4.56. The van der Waals surface area contributed by atoms with E-state index in [1.165, 1.54) is 30.3 Å². The summed E-state index contributed by atoms with van der Waals surface area (Å²) in [7, 11) is 0. The van der Waals surface area contributed by atoms with Crippen LogP contribution in [-0.4, -0.2) is 23.3 Å². The highest BCUT2D eigenvalue weighted by atomic mass is 15.2. The summed E-state index contributed by atoms with van der Waals surface area (Å²) in [6, 6.07) is 18.7. The lowest BCUT2D eigenvalue weighted by molar-refractivity contribution is 0.578. The molecule has 3 nitrogen and oxygen atoms in total. The van der Waals surface area contributed by atoms with Gasteiger partial charge < -0.3 is 4.90 Å². The average molecular weight is 289 g/mol. The molecule has 0 aliphatic carbocycles. The predicted octanol–water partition coefficient (Wildman–Crippen LogP) is 4.29. The zero-order chi connectivity index (χ0) is 14.8. The van der Waals surface area contributed by atoms with Crippen molar-refractivity contribution in [2.45, 2.75) is 19.3 Å². The van der Waals surface area contributed by atoms with Crippen molar-refractivity contribution in [3.05, 3.63) is 54.6 Å². The lowest BCUT2D eigenvalue weighted by Gasteiger charge is -2.31. The molecule has 0 spiro atoms. The smallest absolute Gasteiger partial charge is 0.117 e. The summed E-state index contributed by atoms with van der Waals surface area (Å²) in [5.41, 5.74) is 4.36. The second-order valence-electron chi connectivity index (χ2n) is 5.83. The van der Waals surface area contributed by atoms with Crippen LogP contribution in [0.25, 0.3) is 22.2 Å². The minimum atomic E-state index is 0.975. The molecule has 0 N–H and O–H groups in total. The van der Waals surface area contributed by atoms with Crippen molar-refractivity contribution < 1.29 is 0 Å². The van der Waals surface area contributed by atoms with E-state index in [0.29, 0.717) is 0 Å². The first kappa shape index (κ1) is 13.3. The quantitative estimate of drug-likeness (QED) is 0.705. The summed E-state index contributed by atoms with van der Waals surface area (Å²) in [4.78, 5) is 2.49. The lowest BCUT2D eigenvalue weighted by atomic mass is 10.0. The zero-order valence-corrected chi connectivity index (χ0v) is 12.6. The van der Waals surface area contributed by atoms with Crippen LogP contribution in [0.5, 0.6) is 0 Å². The summed E-state index contributed by atoms with van der Waals surface area (Å²) >= 11 is 0. The van der Waals surface area contributed by atoms with Crippen molar-refractivity contribution in [3.8, 4) is 11.3 Å². The number of aromatic nitrogens is 2. The first-order chi connectivity index (χ1) is 10.9. The molecule has 0 atom stereocenters. The van der Waals surface area contributed by atoms with Gasteiger partial charge >= 0.3 is 0 Å². The molecule has 1 fully saturated rings. The molecule has 0 radical (unpaired) electrons. The lowest BCUT2D eigenvalue weighted by Crippen LogP contribution is -2.30. The molecule has 0 unspecified atom stereocenters. The highest BCUT2D eigenvalue weighted by Crippen LogP contribution is 2.35. The van der Waals surface area contributed by atoms with Crippen LogP contribution in [0.4, 0.5) is 5.69 Å². The molecule has 1 aromatic heterocycles. The molecule has 3 aromatic rings. The van der Waals surface area contributed by atoms with E-state index >= 15 is 0 Å². The van der Waals surface area contributed by atoms with Crippen molar-refractivity contribution >= 4 is 16.6 Å². The molecule has 4 rings (SSSR count). The van der Waals surface area contributed by atoms with E-state index in [4.69, 9.17) is 0 Å². The highest BCUT2D eigenvalue weighted by Gasteiger charge is 2.20. The van der Waals surface area contributed by atoms with Gasteiger partial charge in [0.25, 0.3) is 0 Å². The van der Waals surface area contributed by atoms with Crippen LogP contribution >= 0.6 is 0 Å². The van der Waals surface area contributed by atoms with E-state index in [2.05, 4.69) is 51.5 Å². The molecule has 0 amide bonds. The fraction of sp³-hybridized carbons (Fsp3) is 0.263. The Morgan fingerprint density at radius 2 is 1.45 bits per heavy atom. The second-order valence-corrected chi connectivity index (χ2v) is 5.83. The van der Waals surface area contributed by atoms with Gasteiger partial charge in [-0.2, -0.15) is 0 Å². The number of piperidine rings is 1. The molecule has 22 heavy (non-hydrogen) atoms. The predicted molar refractivity (Wildman–Crippen MR) is 91.0 cm³/mol. The Bertz CT molecular complexity index is 777. The Morgan fingerprint density at radius 3 is 2.27 bits per heavy atom. The molecule has 1 saturated heterocycles. The summed E-state index contributed by atoms with van der Waals surface area (Å²) in [5, 5.41) is 10.2. The van der Waals surface area contributed by atoms with Crippen LogP contribution in [0.15, 0.2) is 54.6 Å². The zero-order valence-electron chi connectivity index (χ0n) is 12.6. The van der Waals surface area contributed by atoms with Crippen molar-refractivity contribution in [3.63, 3.8) is 0 Å². The van der Waals surface area contributed by atoms with Gasteiger partial charge in [-0.1, -0.05) is 48.5 Å². The van der Waals surface area contributed by atoms with Crippen LogP contribution < -0.4 is 4.90 Å². The van der Waals surface area contributed by atoms with Crippen LogP contribution in [0.2, 0.25) is 0 Å². The summed E-state index contributed by atoms with van der Waals surface area (Å²) in [5.74, 6) is 0. The number of anilines is 1. The van der Waals surface area contributed by atoms with Crippen LogP contribution in [0.1, 0.15) is 19.3 Å². The first-order valence-electron chi connectivity index (χ1n) is 7.99. The Labute approximate surface area is 130 Å². The van der Waals surface area contributed by atoms with E-state index in [0.717, 1.165) is 29.9 Å². The first-order valence-corrected chi connectivity index (χ1v) is 7.99. The molecule has 1 aliphatic rings. The molecular formula is C19H19N3. The normalized spacial score (nSPS) is 15.2. The molecule has 2 aromatic carbocycles. The van der Waals surface area contributed by atoms with Gasteiger partial charge in [0.1, 0.15) is 5.69 Å². The van der Waals surface area contributed by atoms with Gasteiger partial charge in [0.05, 0.1) is 11.2 Å². The highest BCUT2D eigenvalue weighted by molar-refractivity contribution is 5.98. The van der Waals surface area contributed by atoms with Crippen LogP contribution in [-0.2, 0) is 0 Å². The molecule has 2 heterocycles. The van der Waals surface area contributed by atoms with Crippen molar-refractivity contribution in [1.82, 2.24) is 10.2 Å². The van der Waals surface area contributed by atoms with Gasteiger partial charge in [-0.3, -0.25) is 0 Å². The third-order valence-corrected chi connectivity index (χ3v) is 4.36. The fourth-order valence-electron chi connectivity index (χ4n) is 3.27. The van der Waals surface area contributed by atoms with Gasteiger partial charge in [0.2, 0.25) is 0 Å². The van der Waals surface area contributed by atoms with E-state index in [-0.39, 0.29) is 0 Å². The molecule has 0 bridgehead atoms. The van der Waals surface area contributed by atoms with Crippen molar-refractivity contribution in [1.29, 1.82) is 0 Å². The molecule has 110 valence electrons. The third-order valence-electron chi connectivity index (χ3n) is 4.36. The number of benzene rings is 2. The maximum atomic E-state index is 4.56. The Morgan fingerprint density at radius 1 is 0.727 bits per heavy atom. The Kier molecular flexibility index (Phi) is 3.47. The monoisotopic (exact) mass is 289 g/mol. The van der Waals surface area contributed by atoms with E-state index in [9.17, 15) is 0 Å². The molecule has 0 saturated carbocycles. The molecular weight excluding hydrogens is 270 g/mol. The summed E-state index contributed by atoms with van der Waals surface area (Å²) in [6.45, 7) is 2.21. The third kappa shape index (κ3) is 2.33. The number of hydrogen-bond donors (Lipinski definition) is 0. The Balaban J connectivity index is 1.95. The van der Waals surface area contributed by atoms with E-state index in [1.54, 1.807) is 0 Å².